The number of benzene rings is 1. The van der Waals surface area contributed by atoms with Crippen LogP contribution in [0.5, 0.6) is 0 Å². The number of hydrogen-bond acceptors (Lipinski definition) is 1. The molecule has 1 aromatic rings. The van der Waals surface area contributed by atoms with E-state index in [4.69, 9.17) is 0 Å². The molecule has 1 saturated carbocycles. The summed E-state index contributed by atoms with van der Waals surface area (Å²) in [5.74, 6) is 1.58. The zero-order valence-corrected chi connectivity index (χ0v) is 13.5. The lowest BCUT2D eigenvalue weighted by Crippen LogP contribution is -2.34. The van der Waals surface area contributed by atoms with Crippen molar-refractivity contribution in [3.63, 3.8) is 0 Å². The highest BCUT2D eigenvalue weighted by atomic mass is 79.9. The van der Waals surface area contributed by atoms with Crippen molar-refractivity contribution < 1.29 is 4.79 Å². The molecule has 1 aromatic carbocycles. The molecule has 0 saturated heterocycles. The fraction of sp³-hybridized carbons (Fsp3) is 0.588. The number of aryl methyl sites for hydroxylation is 1. The maximum absolute atomic E-state index is 12.4. The molecule has 4 unspecified atom stereocenters. The Labute approximate surface area is 129 Å². The molecular formula is C17H22BrNO. The van der Waals surface area contributed by atoms with Gasteiger partial charge < -0.3 is 5.32 Å². The Kier molecular flexibility index (Phi) is 4.16. The van der Waals surface area contributed by atoms with E-state index in [1.165, 1.54) is 17.5 Å². The van der Waals surface area contributed by atoms with Crippen molar-refractivity contribution in [3.05, 3.63) is 35.4 Å². The minimum absolute atomic E-state index is 0.227. The number of nitrogens with one attached hydrogen (secondary N) is 1. The lowest BCUT2D eigenvalue weighted by Gasteiger charge is -2.13. The standard InChI is InChI=1S/C17H22BrNO/c1-11(5-4-10-18)19-17(20)16-14-9-8-12-6-2-3-7-13(12)15(14)16/h2-3,6-7,11,14-16H,4-5,8-10H2,1H3,(H,19,20). The second kappa shape index (κ2) is 5.88. The summed E-state index contributed by atoms with van der Waals surface area (Å²) in [5, 5.41) is 4.21. The summed E-state index contributed by atoms with van der Waals surface area (Å²) in [7, 11) is 0. The van der Waals surface area contributed by atoms with Gasteiger partial charge in [0.2, 0.25) is 5.91 Å². The molecule has 108 valence electrons. The molecule has 3 rings (SSSR count). The zero-order chi connectivity index (χ0) is 14.1. The van der Waals surface area contributed by atoms with Gasteiger partial charge in [0.15, 0.2) is 0 Å². The fourth-order valence-electron chi connectivity index (χ4n) is 3.72. The van der Waals surface area contributed by atoms with Gasteiger partial charge in [-0.15, -0.1) is 0 Å². The number of fused-ring (bicyclic) bond motifs is 3. The Morgan fingerprint density at radius 3 is 3.05 bits per heavy atom. The Hall–Kier alpha value is -0.830. The number of hydrogen-bond donors (Lipinski definition) is 1. The van der Waals surface area contributed by atoms with Crippen LogP contribution in [-0.2, 0) is 11.2 Å². The minimum atomic E-state index is 0.227. The fourth-order valence-corrected chi connectivity index (χ4v) is 4.04. The number of carbonyl (C=O) groups excluding carboxylic acids is 1. The molecule has 20 heavy (non-hydrogen) atoms. The predicted octanol–water partition coefficient (Wildman–Crippen LogP) is 3.64. The Balaban J connectivity index is 1.62. The normalized spacial score (nSPS) is 28.2. The van der Waals surface area contributed by atoms with Crippen LogP contribution in [0.2, 0.25) is 0 Å². The first-order valence-electron chi connectivity index (χ1n) is 7.66. The van der Waals surface area contributed by atoms with E-state index in [0.717, 1.165) is 24.6 Å². The molecule has 1 N–H and O–H groups in total. The third-order valence-electron chi connectivity index (χ3n) is 4.79. The molecule has 1 fully saturated rings. The molecule has 2 aliphatic carbocycles. The molecule has 0 aliphatic heterocycles. The van der Waals surface area contributed by atoms with Crippen molar-refractivity contribution in [2.75, 3.05) is 5.33 Å². The van der Waals surface area contributed by atoms with E-state index in [1.54, 1.807) is 0 Å². The van der Waals surface area contributed by atoms with E-state index in [1.807, 2.05) is 0 Å². The quantitative estimate of drug-likeness (QED) is 0.817. The average Bonchev–Trinajstić information content (AvgIpc) is 3.20. The van der Waals surface area contributed by atoms with Crippen molar-refractivity contribution in [2.45, 2.75) is 44.6 Å². The van der Waals surface area contributed by atoms with Gasteiger partial charge in [0.25, 0.3) is 0 Å². The van der Waals surface area contributed by atoms with Gasteiger partial charge in [-0.2, -0.15) is 0 Å². The van der Waals surface area contributed by atoms with Crippen LogP contribution in [0.1, 0.15) is 43.2 Å². The van der Waals surface area contributed by atoms with Gasteiger partial charge in [0, 0.05) is 17.3 Å². The van der Waals surface area contributed by atoms with Crippen LogP contribution in [0.15, 0.2) is 24.3 Å². The van der Waals surface area contributed by atoms with Crippen LogP contribution < -0.4 is 5.32 Å². The second-order valence-electron chi connectivity index (χ2n) is 6.19. The number of amides is 1. The molecular weight excluding hydrogens is 314 g/mol. The van der Waals surface area contributed by atoms with E-state index < -0.39 is 0 Å². The van der Waals surface area contributed by atoms with Gasteiger partial charge in [-0.3, -0.25) is 4.79 Å². The van der Waals surface area contributed by atoms with E-state index >= 15 is 0 Å². The largest absolute Gasteiger partial charge is 0.353 e. The summed E-state index contributed by atoms with van der Waals surface area (Å²) in [6.07, 6.45) is 4.48. The molecule has 0 heterocycles. The lowest BCUT2D eigenvalue weighted by atomic mass is 9.92. The highest BCUT2D eigenvalue weighted by molar-refractivity contribution is 9.09. The van der Waals surface area contributed by atoms with Gasteiger partial charge in [-0.1, -0.05) is 40.2 Å². The minimum Gasteiger partial charge on any atom is -0.353 e. The van der Waals surface area contributed by atoms with E-state index in [0.29, 0.717) is 11.8 Å². The van der Waals surface area contributed by atoms with Crippen LogP contribution in [-0.4, -0.2) is 17.3 Å². The molecule has 4 atom stereocenters. The van der Waals surface area contributed by atoms with Gasteiger partial charge in [0.05, 0.1) is 0 Å². The molecule has 0 aromatic heterocycles. The van der Waals surface area contributed by atoms with E-state index in [9.17, 15) is 4.79 Å². The number of halogens is 1. The number of carbonyl (C=O) groups is 1. The van der Waals surface area contributed by atoms with Crippen LogP contribution in [0.25, 0.3) is 0 Å². The zero-order valence-electron chi connectivity index (χ0n) is 11.9. The van der Waals surface area contributed by atoms with Crippen molar-refractivity contribution in [1.29, 1.82) is 0 Å². The summed E-state index contributed by atoms with van der Waals surface area (Å²) >= 11 is 3.44. The van der Waals surface area contributed by atoms with Crippen LogP contribution in [0.4, 0.5) is 0 Å². The Morgan fingerprint density at radius 2 is 2.25 bits per heavy atom. The maximum Gasteiger partial charge on any atom is 0.224 e. The van der Waals surface area contributed by atoms with Crippen molar-refractivity contribution in [1.82, 2.24) is 5.32 Å². The molecule has 3 heteroatoms. The lowest BCUT2D eigenvalue weighted by molar-refractivity contribution is -0.123. The number of alkyl halides is 1. The van der Waals surface area contributed by atoms with Gasteiger partial charge in [-0.05, 0) is 55.6 Å². The number of rotatable bonds is 5. The highest BCUT2D eigenvalue weighted by Crippen LogP contribution is 2.59. The molecule has 2 nitrogen and oxygen atoms in total. The first kappa shape index (κ1) is 14.1. The molecule has 2 aliphatic rings. The SMILES string of the molecule is CC(CCCBr)NC(=O)C1C2CCc3ccccc3C21. The molecule has 0 bridgehead atoms. The maximum atomic E-state index is 12.4. The second-order valence-corrected chi connectivity index (χ2v) is 6.99. The van der Waals surface area contributed by atoms with Gasteiger partial charge >= 0.3 is 0 Å². The third kappa shape index (κ3) is 2.65. The summed E-state index contributed by atoms with van der Waals surface area (Å²) in [6, 6.07) is 8.94. The molecule has 0 radical (unpaired) electrons. The summed E-state index contributed by atoms with van der Waals surface area (Å²) in [6.45, 7) is 2.11. The topological polar surface area (TPSA) is 29.1 Å². The summed E-state index contributed by atoms with van der Waals surface area (Å²) in [4.78, 5) is 12.4. The monoisotopic (exact) mass is 335 g/mol. The molecule has 1 amide bonds. The van der Waals surface area contributed by atoms with Gasteiger partial charge in [0.1, 0.15) is 0 Å². The van der Waals surface area contributed by atoms with Crippen molar-refractivity contribution >= 4 is 21.8 Å². The van der Waals surface area contributed by atoms with Crippen LogP contribution in [0.3, 0.4) is 0 Å². The van der Waals surface area contributed by atoms with Gasteiger partial charge in [-0.25, -0.2) is 0 Å². The Morgan fingerprint density at radius 1 is 1.45 bits per heavy atom. The van der Waals surface area contributed by atoms with Crippen molar-refractivity contribution in [2.24, 2.45) is 11.8 Å². The van der Waals surface area contributed by atoms with Crippen molar-refractivity contribution in [3.8, 4) is 0 Å². The van der Waals surface area contributed by atoms with E-state index in [2.05, 4.69) is 52.4 Å². The average molecular weight is 336 g/mol. The smallest absolute Gasteiger partial charge is 0.224 e. The third-order valence-corrected chi connectivity index (χ3v) is 5.35. The summed E-state index contributed by atoms with van der Waals surface area (Å²) in [5.41, 5.74) is 2.88. The van der Waals surface area contributed by atoms with E-state index in [-0.39, 0.29) is 17.9 Å². The highest BCUT2D eigenvalue weighted by Gasteiger charge is 2.56. The van der Waals surface area contributed by atoms with Crippen LogP contribution in [0, 0.1) is 11.8 Å². The first-order valence-corrected chi connectivity index (χ1v) is 8.78. The Bertz CT molecular complexity index is 502. The first-order chi connectivity index (χ1) is 9.72. The van der Waals surface area contributed by atoms with Crippen LogP contribution >= 0.6 is 15.9 Å². The summed E-state index contributed by atoms with van der Waals surface area (Å²) < 4.78 is 0. The predicted molar refractivity (Wildman–Crippen MR) is 85.1 cm³/mol. The molecule has 0 spiro atoms.